The summed E-state index contributed by atoms with van der Waals surface area (Å²) in [4.78, 5) is 48.5. The van der Waals surface area contributed by atoms with Crippen LogP contribution in [0.5, 0.6) is 5.75 Å². The molecule has 0 spiro atoms. The molecule has 0 fully saturated rings. The van der Waals surface area contributed by atoms with E-state index < -0.39 is 23.9 Å². The summed E-state index contributed by atoms with van der Waals surface area (Å²) >= 11 is 0. The van der Waals surface area contributed by atoms with Gasteiger partial charge in [-0.2, -0.15) is 0 Å². The fraction of sp³-hybridized carbons (Fsp3) is 0.200. The van der Waals surface area contributed by atoms with Crippen LogP contribution in [0.25, 0.3) is 17.0 Å². The molecule has 0 saturated heterocycles. The molecule has 0 saturated carbocycles. The van der Waals surface area contributed by atoms with Crippen LogP contribution in [0.2, 0.25) is 0 Å². The zero-order chi connectivity index (χ0) is 25.5. The lowest BCUT2D eigenvalue weighted by atomic mass is 10.1. The van der Waals surface area contributed by atoms with Gasteiger partial charge in [0.1, 0.15) is 5.75 Å². The molecule has 35 heavy (non-hydrogen) atoms. The highest BCUT2D eigenvalue weighted by Gasteiger charge is 2.19. The van der Waals surface area contributed by atoms with Gasteiger partial charge in [0.05, 0.1) is 12.6 Å². The molecule has 0 bridgehead atoms. The maximum absolute atomic E-state index is 12.9. The van der Waals surface area contributed by atoms with Crippen LogP contribution in [0.15, 0.2) is 60.8 Å². The summed E-state index contributed by atoms with van der Waals surface area (Å²) < 4.78 is 10.9. The van der Waals surface area contributed by atoms with Crippen LogP contribution in [0.1, 0.15) is 29.8 Å². The number of fused-ring (bicyclic) bond motifs is 1. The number of nitrogens with zero attached hydrogens (tertiary/aromatic N) is 2. The maximum atomic E-state index is 12.9. The third-order valence-corrected chi connectivity index (χ3v) is 5.01. The van der Waals surface area contributed by atoms with Crippen molar-refractivity contribution in [3.05, 3.63) is 71.9 Å². The number of amides is 2. The van der Waals surface area contributed by atoms with Crippen molar-refractivity contribution >= 4 is 40.9 Å². The number of ether oxygens (including phenoxy) is 2. The summed E-state index contributed by atoms with van der Waals surface area (Å²) in [6.45, 7) is 3.16. The molecule has 0 aliphatic carbocycles. The molecule has 2 aromatic carbocycles. The largest absolute Gasteiger partial charge is 0.482 e. The third kappa shape index (κ3) is 6.05. The number of methoxy groups -OCH3 is 1. The summed E-state index contributed by atoms with van der Waals surface area (Å²) in [6.07, 6.45) is 3.06. The van der Waals surface area contributed by atoms with Crippen LogP contribution in [0.4, 0.5) is 4.79 Å². The number of benzene rings is 2. The molecule has 1 heterocycles. The normalized spacial score (nSPS) is 11.0. The van der Waals surface area contributed by atoms with Crippen LogP contribution in [0.3, 0.4) is 0 Å². The molecular weight excluding hydrogens is 454 g/mol. The van der Waals surface area contributed by atoms with Gasteiger partial charge in [0.15, 0.2) is 6.61 Å². The summed E-state index contributed by atoms with van der Waals surface area (Å²) in [7, 11) is 1.24. The summed E-state index contributed by atoms with van der Waals surface area (Å²) in [5.41, 5.74) is 3.84. The van der Waals surface area contributed by atoms with Crippen molar-refractivity contribution < 1.29 is 33.8 Å². The molecule has 10 nitrogen and oxygen atoms in total. The molecule has 10 heteroatoms. The van der Waals surface area contributed by atoms with Gasteiger partial charge in [-0.1, -0.05) is 24.3 Å². The average Bonchev–Trinajstić information content (AvgIpc) is 3.23. The van der Waals surface area contributed by atoms with E-state index in [1.807, 2.05) is 0 Å². The quantitative estimate of drug-likeness (QED) is 0.302. The van der Waals surface area contributed by atoms with Crippen LogP contribution < -0.4 is 10.2 Å². The monoisotopic (exact) mass is 479 g/mol. The minimum Gasteiger partial charge on any atom is -0.482 e. The Labute approximate surface area is 201 Å². The number of carbonyl (C=O) groups is 4. The standard InChI is InChI=1S/C25H25N3O7/c1-16(2)28(26-24(31)17-7-6-8-19(13-17)35-15-23(30)34-3)22(29)12-11-18-14-27(25(32)33)21-10-5-4-9-20(18)21/h4-14,16H,15H2,1-3H3,(H,26,31)(H,32,33)/b12-11+. The van der Waals surface area contributed by atoms with Gasteiger partial charge in [0.25, 0.3) is 11.8 Å². The topological polar surface area (TPSA) is 127 Å². The second-order valence-corrected chi connectivity index (χ2v) is 7.72. The molecule has 0 aliphatic rings. The predicted molar refractivity (Wildman–Crippen MR) is 128 cm³/mol. The Balaban J connectivity index is 1.76. The first-order valence-electron chi connectivity index (χ1n) is 10.7. The number of hydrazine groups is 1. The molecule has 1 aromatic heterocycles. The van der Waals surface area contributed by atoms with E-state index >= 15 is 0 Å². The maximum Gasteiger partial charge on any atom is 0.416 e. The van der Waals surface area contributed by atoms with Gasteiger partial charge in [-0.15, -0.1) is 0 Å². The molecule has 3 rings (SSSR count). The highest BCUT2D eigenvalue weighted by atomic mass is 16.6. The van der Waals surface area contributed by atoms with E-state index in [2.05, 4.69) is 10.2 Å². The minimum atomic E-state index is -1.14. The van der Waals surface area contributed by atoms with Gasteiger partial charge in [-0.25, -0.2) is 14.6 Å². The minimum absolute atomic E-state index is 0.222. The van der Waals surface area contributed by atoms with E-state index in [9.17, 15) is 24.3 Å². The van der Waals surface area contributed by atoms with Crippen molar-refractivity contribution in [1.29, 1.82) is 0 Å². The molecular formula is C25H25N3O7. The van der Waals surface area contributed by atoms with E-state index in [0.717, 1.165) is 9.58 Å². The van der Waals surface area contributed by atoms with Crippen LogP contribution in [-0.4, -0.2) is 58.3 Å². The van der Waals surface area contributed by atoms with Crippen molar-refractivity contribution in [2.24, 2.45) is 0 Å². The van der Waals surface area contributed by atoms with Gasteiger partial charge in [0.2, 0.25) is 0 Å². The summed E-state index contributed by atoms with van der Waals surface area (Å²) in [6, 6.07) is 12.7. The van der Waals surface area contributed by atoms with E-state index in [-0.39, 0.29) is 18.2 Å². The smallest absolute Gasteiger partial charge is 0.416 e. The summed E-state index contributed by atoms with van der Waals surface area (Å²) in [5, 5.41) is 11.3. The Kier molecular flexibility index (Phi) is 7.88. The number of carboxylic acid groups (broad SMARTS) is 1. The van der Waals surface area contributed by atoms with Crippen molar-refractivity contribution in [2.75, 3.05) is 13.7 Å². The number of para-hydroxylation sites is 1. The second-order valence-electron chi connectivity index (χ2n) is 7.72. The first kappa shape index (κ1) is 25.0. The van der Waals surface area contributed by atoms with Crippen molar-refractivity contribution in [2.45, 2.75) is 19.9 Å². The number of hydrogen-bond acceptors (Lipinski definition) is 6. The number of rotatable bonds is 7. The first-order valence-corrected chi connectivity index (χ1v) is 10.7. The van der Waals surface area contributed by atoms with E-state index in [4.69, 9.17) is 4.74 Å². The molecule has 0 unspecified atom stereocenters. The van der Waals surface area contributed by atoms with Crippen molar-refractivity contribution in [3.63, 3.8) is 0 Å². The lowest BCUT2D eigenvalue weighted by molar-refractivity contribution is -0.142. The summed E-state index contributed by atoms with van der Waals surface area (Å²) in [5.74, 6) is -1.32. The van der Waals surface area contributed by atoms with Crippen LogP contribution in [0, 0.1) is 0 Å². The highest BCUT2D eigenvalue weighted by molar-refractivity contribution is 6.01. The molecule has 3 aromatic rings. The van der Waals surface area contributed by atoms with Crippen LogP contribution >= 0.6 is 0 Å². The van der Waals surface area contributed by atoms with E-state index in [0.29, 0.717) is 22.2 Å². The lowest BCUT2D eigenvalue weighted by Crippen LogP contribution is -2.49. The zero-order valence-corrected chi connectivity index (χ0v) is 19.4. The Morgan fingerprint density at radius 1 is 1.11 bits per heavy atom. The van der Waals surface area contributed by atoms with Gasteiger partial charge in [-0.3, -0.25) is 19.6 Å². The molecule has 182 valence electrons. The molecule has 2 N–H and O–H groups in total. The fourth-order valence-corrected chi connectivity index (χ4v) is 3.28. The van der Waals surface area contributed by atoms with Crippen molar-refractivity contribution in [1.82, 2.24) is 15.0 Å². The van der Waals surface area contributed by atoms with Gasteiger partial charge >= 0.3 is 12.1 Å². The number of nitrogens with one attached hydrogen (secondary N) is 1. The Hall–Kier alpha value is -4.60. The number of carbonyl (C=O) groups excluding carboxylic acids is 3. The van der Waals surface area contributed by atoms with Gasteiger partial charge < -0.3 is 14.6 Å². The SMILES string of the molecule is COC(=O)COc1cccc(C(=O)NN(C(=O)/C=C/c2cn(C(=O)O)c3ccccc23)C(C)C)c1. The molecule has 0 atom stereocenters. The van der Waals surface area contributed by atoms with Crippen LogP contribution in [-0.2, 0) is 14.3 Å². The number of esters is 1. The predicted octanol–water partition coefficient (Wildman–Crippen LogP) is 3.31. The second kappa shape index (κ2) is 11.0. The average molecular weight is 479 g/mol. The third-order valence-electron chi connectivity index (χ3n) is 5.01. The molecule has 2 amide bonds. The van der Waals surface area contributed by atoms with E-state index in [1.54, 1.807) is 56.3 Å². The van der Waals surface area contributed by atoms with E-state index in [1.165, 1.54) is 31.5 Å². The molecule has 0 aliphatic heterocycles. The van der Waals surface area contributed by atoms with Gasteiger partial charge in [0, 0.05) is 34.8 Å². The number of hydrogen-bond donors (Lipinski definition) is 2. The first-order chi connectivity index (χ1) is 16.7. The highest BCUT2D eigenvalue weighted by Crippen LogP contribution is 2.22. The zero-order valence-electron chi connectivity index (χ0n) is 19.4. The van der Waals surface area contributed by atoms with Crippen molar-refractivity contribution in [3.8, 4) is 5.75 Å². The van der Waals surface area contributed by atoms with Gasteiger partial charge in [-0.05, 0) is 44.2 Å². The number of aromatic nitrogens is 1. The molecule has 0 radical (unpaired) electrons. The fourth-order valence-electron chi connectivity index (χ4n) is 3.28. The Morgan fingerprint density at radius 3 is 2.54 bits per heavy atom. The Morgan fingerprint density at radius 2 is 1.86 bits per heavy atom. The Bertz CT molecular complexity index is 1290. The lowest BCUT2D eigenvalue weighted by Gasteiger charge is -2.26.